The van der Waals surface area contributed by atoms with E-state index in [2.05, 4.69) is 13.8 Å². The fourth-order valence-electron chi connectivity index (χ4n) is 1.94. The Labute approximate surface area is 97.0 Å². The van der Waals surface area contributed by atoms with Crippen LogP contribution in [0.25, 0.3) is 0 Å². The predicted octanol–water partition coefficient (Wildman–Crippen LogP) is 2.03. The molecule has 0 unspecified atom stereocenters. The summed E-state index contributed by atoms with van der Waals surface area (Å²) in [6.45, 7) is 4.72. The molecule has 0 saturated heterocycles. The molecule has 4 heteroatoms. The second kappa shape index (κ2) is 3.77. The number of hydrogen-bond donors (Lipinski definition) is 0. The monoisotopic (exact) mass is 239 g/mol. The van der Waals surface area contributed by atoms with Gasteiger partial charge in [-0.05, 0) is 23.6 Å². The highest BCUT2D eigenvalue weighted by atomic mass is 32.2. The molecule has 1 heterocycles. The second-order valence-electron chi connectivity index (χ2n) is 4.62. The first-order chi connectivity index (χ1) is 7.42. The zero-order valence-corrected chi connectivity index (χ0v) is 10.7. The lowest BCUT2D eigenvalue weighted by atomic mass is 10.0. The average Bonchev–Trinajstić information content (AvgIpc) is 2.23. The Morgan fingerprint density at radius 3 is 2.62 bits per heavy atom. The van der Waals surface area contributed by atoms with E-state index in [4.69, 9.17) is 0 Å². The molecule has 0 bridgehead atoms. The maximum atomic E-state index is 12.0. The summed E-state index contributed by atoms with van der Waals surface area (Å²) in [6, 6.07) is 5.76. The minimum atomic E-state index is -3.07. The van der Waals surface area contributed by atoms with Crippen molar-refractivity contribution in [2.75, 3.05) is 24.2 Å². The van der Waals surface area contributed by atoms with E-state index in [0.717, 1.165) is 11.3 Å². The molecule has 0 radical (unpaired) electrons. The van der Waals surface area contributed by atoms with Crippen LogP contribution in [-0.4, -0.2) is 27.8 Å². The number of rotatable bonds is 1. The molecule has 1 aromatic carbocycles. The summed E-state index contributed by atoms with van der Waals surface area (Å²) < 4.78 is 23.9. The molecule has 1 aliphatic heterocycles. The van der Waals surface area contributed by atoms with Gasteiger partial charge in [0.25, 0.3) is 0 Å². The molecule has 1 aromatic rings. The number of anilines is 1. The van der Waals surface area contributed by atoms with Crippen LogP contribution in [0.3, 0.4) is 0 Å². The topological polar surface area (TPSA) is 37.4 Å². The molecule has 3 nitrogen and oxygen atoms in total. The highest BCUT2D eigenvalue weighted by Crippen LogP contribution is 2.32. The first kappa shape index (κ1) is 11.5. The molecule has 1 aliphatic rings. The summed E-state index contributed by atoms with van der Waals surface area (Å²) in [6.07, 6.45) is 0. The van der Waals surface area contributed by atoms with Crippen molar-refractivity contribution >= 4 is 15.5 Å². The van der Waals surface area contributed by atoms with Gasteiger partial charge in [0.2, 0.25) is 0 Å². The van der Waals surface area contributed by atoms with Crippen LogP contribution in [0.1, 0.15) is 25.3 Å². The van der Waals surface area contributed by atoms with Crippen molar-refractivity contribution in [3.8, 4) is 0 Å². The fraction of sp³-hybridized carbons (Fsp3) is 0.500. The van der Waals surface area contributed by atoms with Crippen molar-refractivity contribution in [1.29, 1.82) is 0 Å². The van der Waals surface area contributed by atoms with Crippen molar-refractivity contribution in [2.45, 2.75) is 24.7 Å². The van der Waals surface area contributed by atoms with Crippen LogP contribution in [0.5, 0.6) is 0 Å². The zero-order valence-electron chi connectivity index (χ0n) is 9.90. The third-order valence-corrected chi connectivity index (χ3v) is 4.81. The van der Waals surface area contributed by atoms with E-state index >= 15 is 0 Å². The smallest absolute Gasteiger partial charge is 0.182 e. The van der Waals surface area contributed by atoms with Gasteiger partial charge in [0.05, 0.1) is 16.3 Å². The maximum absolute atomic E-state index is 12.0. The third kappa shape index (κ3) is 1.82. The van der Waals surface area contributed by atoms with Crippen LogP contribution in [0, 0.1) is 0 Å². The van der Waals surface area contributed by atoms with E-state index in [1.54, 1.807) is 0 Å². The first-order valence-electron chi connectivity index (χ1n) is 5.49. The molecular weight excluding hydrogens is 222 g/mol. The van der Waals surface area contributed by atoms with Gasteiger partial charge in [-0.3, -0.25) is 0 Å². The van der Waals surface area contributed by atoms with Gasteiger partial charge in [0.1, 0.15) is 0 Å². The number of fused-ring (bicyclic) bond motifs is 1. The van der Waals surface area contributed by atoms with E-state index in [9.17, 15) is 8.42 Å². The fourth-order valence-corrected chi connectivity index (χ4v) is 3.53. The van der Waals surface area contributed by atoms with Gasteiger partial charge in [-0.25, -0.2) is 8.42 Å². The van der Waals surface area contributed by atoms with E-state index in [0.29, 0.717) is 17.4 Å². The SMILES string of the molecule is CC(C)c1ccc2c(c1)S(=O)(=O)CCN2C. The van der Waals surface area contributed by atoms with Gasteiger partial charge in [-0.2, -0.15) is 0 Å². The van der Waals surface area contributed by atoms with Crippen molar-refractivity contribution in [3.05, 3.63) is 23.8 Å². The average molecular weight is 239 g/mol. The molecule has 0 atom stereocenters. The lowest BCUT2D eigenvalue weighted by Crippen LogP contribution is -2.32. The molecule has 0 N–H and O–H groups in total. The molecule has 2 rings (SSSR count). The Balaban J connectivity index is 2.63. The summed E-state index contributed by atoms with van der Waals surface area (Å²) >= 11 is 0. The molecule has 0 aromatic heterocycles. The Hall–Kier alpha value is -1.03. The lowest BCUT2D eigenvalue weighted by molar-refractivity contribution is 0.591. The highest BCUT2D eigenvalue weighted by molar-refractivity contribution is 7.91. The van der Waals surface area contributed by atoms with E-state index in [-0.39, 0.29) is 5.75 Å². The van der Waals surface area contributed by atoms with Gasteiger partial charge < -0.3 is 4.90 Å². The first-order valence-corrected chi connectivity index (χ1v) is 7.15. The van der Waals surface area contributed by atoms with Gasteiger partial charge in [-0.1, -0.05) is 19.9 Å². The lowest BCUT2D eigenvalue weighted by Gasteiger charge is -2.28. The van der Waals surface area contributed by atoms with Crippen LogP contribution >= 0.6 is 0 Å². The summed E-state index contributed by atoms with van der Waals surface area (Å²) in [5.74, 6) is 0.575. The highest BCUT2D eigenvalue weighted by Gasteiger charge is 2.26. The largest absolute Gasteiger partial charge is 0.373 e. The van der Waals surface area contributed by atoms with Gasteiger partial charge in [-0.15, -0.1) is 0 Å². The third-order valence-electron chi connectivity index (χ3n) is 3.09. The van der Waals surface area contributed by atoms with Crippen molar-refractivity contribution in [3.63, 3.8) is 0 Å². The van der Waals surface area contributed by atoms with Crippen LogP contribution < -0.4 is 4.90 Å². The minimum Gasteiger partial charge on any atom is -0.373 e. The standard InChI is InChI=1S/C12H17NO2S/c1-9(2)10-4-5-11-12(8-10)16(14,15)7-6-13(11)3/h4-5,8-9H,6-7H2,1-3H3. The molecule has 0 saturated carbocycles. The number of sulfone groups is 1. The van der Waals surface area contributed by atoms with E-state index in [1.807, 2.05) is 30.1 Å². The Morgan fingerprint density at radius 2 is 2.00 bits per heavy atom. The van der Waals surface area contributed by atoms with Crippen molar-refractivity contribution < 1.29 is 8.42 Å². The molecule has 16 heavy (non-hydrogen) atoms. The van der Waals surface area contributed by atoms with E-state index < -0.39 is 9.84 Å². The molecule has 0 spiro atoms. The maximum Gasteiger partial charge on any atom is 0.182 e. The number of nitrogens with zero attached hydrogens (tertiary/aromatic N) is 1. The zero-order chi connectivity index (χ0) is 11.9. The molecular formula is C12H17NO2S. The van der Waals surface area contributed by atoms with Crippen LogP contribution in [0.2, 0.25) is 0 Å². The van der Waals surface area contributed by atoms with E-state index in [1.165, 1.54) is 0 Å². The minimum absolute atomic E-state index is 0.220. The van der Waals surface area contributed by atoms with Crippen molar-refractivity contribution in [1.82, 2.24) is 0 Å². The quantitative estimate of drug-likeness (QED) is 0.752. The summed E-state index contributed by atoms with van der Waals surface area (Å²) in [4.78, 5) is 2.49. The summed E-state index contributed by atoms with van der Waals surface area (Å²) in [5.41, 5.74) is 1.91. The number of benzene rings is 1. The Kier molecular flexibility index (Phi) is 2.70. The Bertz CT molecular complexity index is 506. The number of hydrogen-bond acceptors (Lipinski definition) is 3. The molecule has 0 aliphatic carbocycles. The molecule has 88 valence electrons. The van der Waals surface area contributed by atoms with Crippen LogP contribution in [0.15, 0.2) is 23.1 Å². The predicted molar refractivity (Wildman–Crippen MR) is 65.9 cm³/mol. The second-order valence-corrected chi connectivity index (χ2v) is 6.70. The normalized spacial score (nSPS) is 18.6. The summed E-state index contributed by atoms with van der Waals surface area (Å²) in [5, 5.41) is 0. The van der Waals surface area contributed by atoms with Crippen molar-refractivity contribution in [2.24, 2.45) is 0 Å². The Morgan fingerprint density at radius 1 is 1.31 bits per heavy atom. The van der Waals surface area contributed by atoms with Gasteiger partial charge in [0.15, 0.2) is 9.84 Å². The summed E-state index contributed by atoms with van der Waals surface area (Å²) in [7, 11) is -1.14. The molecule has 0 fully saturated rings. The van der Waals surface area contributed by atoms with Gasteiger partial charge >= 0.3 is 0 Å². The molecule has 0 amide bonds. The van der Waals surface area contributed by atoms with Crippen LogP contribution in [0.4, 0.5) is 5.69 Å². The van der Waals surface area contributed by atoms with Gasteiger partial charge in [0, 0.05) is 13.6 Å². The van der Waals surface area contributed by atoms with Crippen LogP contribution in [-0.2, 0) is 9.84 Å².